The van der Waals surface area contributed by atoms with Gasteiger partial charge in [0.15, 0.2) is 0 Å². The van der Waals surface area contributed by atoms with Crippen LogP contribution < -0.4 is 10.5 Å². The molecule has 3 heteroatoms. The predicted molar refractivity (Wildman–Crippen MR) is 83.1 cm³/mol. The summed E-state index contributed by atoms with van der Waals surface area (Å²) in [4.78, 5) is 0. The molecule has 1 aliphatic carbocycles. The van der Waals surface area contributed by atoms with Crippen LogP contribution in [0.25, 0.3) is 0 Å². The van der Waals surface area contributed by atoms with Crippen LogP contribution in [0, 0.1) is 5.92 Å². The van der Waals surface area contributed by atoms with Gasteiger partial charge < -0.3 is 15.6 Å². The molecule has 0 fully saturated rings. The summed E-state index contributed by atoms with van der Waals surface area (Å²) in [5.41, 5.74) is 6.87. The minimum Gasteiger partial charge on any atom is -0.505 e. The van der Waals surface area contributed by atoms with Gasteiger partial charge in [-0.25, -0.2) is 0 Å². The van der Waals surface area contributed by atoms with Crippen LogP contribution in [-0.2, 0) is 5.41 Å². The number of phenolic OH excluding ortho intramolecular Hbond substituents is 1. The maximum absolute atomic E-state index is 10.1. The van der Waals surface area contributed by atoms with Gasteiger partial charge in [0.1, 0.15) is 11.5 Å². The molecular weight excluding hydrogens is 250 g/mol. The van der Waals surface area contributed by atoms with E-state index in [0.29, 0.717) is 24.0 Å². The maximum atomic E-state index is 10.1. The molecule has 1 aromatic carbocycles. The Morgan fingerprint density at radius 3 is 2.65 bits per heavy atom. The number of nitrogen functional groups attached to an aromatic ring is 1. The lowest BCUT2D eigenvalue weighted by Gasteiger charge is -2.23. The van der Waals surface area contributed by atoms with E-state index in [1.165, 1.54) is 0 Å². The number of hydrogen-bond donors (Lipinski definition) is 2. The van der Waals surface area contributed by atoms with E-state index in [2.05, 4.69) is 12.2 Å². The summed E-state index contributed by atoms with van der Waals surface area (Å²) >= 11 is 0. The van der Waals surface area contributed by atoms with Crippen LogP contribution in [0.15, 0.2) is 36.4 Å². The second kappa shape index (κ2) is 5.61. The number of benzene rings is 1. The van der Waals surface area contributed by atoms with Crippen molar-refractivity contribution >= 4 is 5.69 Å². The van der Waals surface area contributed by atoms with Crippen LogP contribution in [0.4, 0.5) is 5.69 Å². The molecule has 3 N–H and O–H groups in total. The second-order valence-corrected chi connectivity index (χ2v) is 6.28. The molecule has 1 atom stereocenters. The van der Waals surface area contributed by atoms with E-state index in [-0.39, 0.29) is 11.2 Å². The standard InChI is InChI=1S/C17H23NO2/c1-17(2,3)14-9-13(10-15(18)16(14)19)20-11-12-7-5-4-6-8-12/h4-7,9-10,12,19H,8,11,18H2,1-3H3. The van der Waals surface area contributed by atoms with Gasteiger partial charge in [-0.15, -0.1) is 0 Å². The first-order chi connectivity index (χ1) is 9.38. The number of phenols is 1. The fraction of sp³-hybridized carbons (Fsp3) is 0.412. The van der Waals surface area contributed by atoms with E-state index in [0.717, 1.165) is 12.0 Å². The summed E-state index contributed by atoms with van der Waals surface area (Å²) < 4.78 is 5.84. The molecule has 0 aliphatic heterocycles. The molecule has 0 aromatic heterocycles. The van der Waals surface area contributed by atoms with Crippen molar-refractivity contribution in [2.75, 3.05) is 12.3 Å². The summed E-state index contributed by atoms with van der Waals surface area (Å²) in [6, 6.07) is 3.57. The Labute approximate surface area is 120 Å². The lowest BCUT2D eigenvalue weighted by Crippen LogP contribution is -2.14. The number of anilines is 1. The van der Waals surface area contributed by atoms with Gasteiger partial charge in [-0.1, -0.05) is 45.1 Å². The van der Waals surface area contributed by atoms with Crippen LogP contribution in [0.1, 0.15) is 32.8 Å². The Kier molecular flexibility index (Phi) is 4.07. The highest BCUT2D eigenvalue weighted by Crippen LogP contribution is 2.38. The first-order valence-electron chi connectivity index (χ1n) is 6.97. The van der Waals surface area contributed by atoms with Crippen molar-refractivity contribution in [1.29, 1.82) is 0 Å². The smallest absolute Gasteiger partial charge is 0.142 e. The highest BCUT2D eigenvalue weighted by Gasteiger charge is 2.21. The van der Waals surface area contributed by atoms with Crippen LogP contribution in [0.2, 0.25) is 0 Å². The quantitative estimate of drug-likeness (QED) is 0.651. The average Bonchev–Trinajstić information content (AvgIpc) is 2.40. The van der Waals surface area contributed by atoms with Crippen LogP contribution >= 0.6 is 0 Å². The van der Waals surface area contributed by atoms with Crippen molar-refractivity contribution in [3.05, 3.63) is 42.0 Å². The molecule has 1 aliphatic rings. The van der Waals surface area contributed by atoms with E-state index in [4.69, 9.17) is 10.5 Å². The first-order valence-corrected chi connectivity index (χ1v) is 6.97. The van der Waals surface area contributed by atoms with Gasteiger partial charge in [-0.3, -0.25) is 0 Å². The summed E-state index contributed by atoms with van der Waals surface area (Å²) in [7, 11) is 0. The summed E-state index contributed by atoms with van der Waals surface area (Å²) in [6.45, 7) is 6.74. The predicted octanol–water partition coefficient (Wildman–Crippen LogP) is 3.78. The van der Waals surface area contributed by atoms with E-state index in [1.54, 1.807) is 6.07 Å². The summed E-state index contributed by atoms with van der Waals surface area (Å²) in [6.07, 6.45) is 9.38. The third-order valence-electron chi connectivity index (χ3n) is 3.45. The van der Waals surface area contributed by atoms with Crippen LogP contribution in [-0.4, -0.2) is 11.7 Å². The Morgan fingerprint density at radius 2 is 2.05 bits per heavy atom. The third kappa shape index (κ3) is 3.35. The average molecular weight is 273 g/mol. The molecule has 1 aromatic rings. The Bertz CT molecular complexity index is 539. The summed E-state index contributed by atoms with van der Waals surface area (Å²) in [5, 5.41) is 10.1. The molecule has 0 saturated carbocycles. The van der Waals surface area contributed by atoms with Crippen LogP contribution in [0.5, 0.6) is 11.5 Å². The monoisotopic (exact) mass is 273 g/mol. The van der Waals surface area contributed by atoms with E-state index < -0.39 is 0 Å². The molecule has 20 heavy (non-hydrogen) atoms. The van der Waals surface area contributed by atoms with Crippen molar-refractivity contribution in [1.82, 2.24) is 0 Å². The Hall–Kier alpha value is -1.90. The van der Waals surface area contributed by atoms with Crippen molar-refractivity contribution in [2.24, 2.45) is 5.92 Å². The highest BCUT2D eigenvalue weighted by atomic mass is 16.5. The van der Waals surface area contributed by atoms with Gasteiger partial charge in [0.2, 0.25) is 0 Å². The fourth-order valence-electron chi connectivity index (χ4n) is 2.24. The molecule has 3 nitrogen and oxygen atoms in total. The number of nitrogens with two attached hydrogens (primary N) is 1. The molecule has 0 amide bonds. The first kappa shape index (κ1) is 14.5. The molecule has 0 heterocycles. The minimum absolute atomic E-state index is 0.158. The zero-order valence-electron chi connectivity index (χ0n) is 12.4. The molecule has 1 unspecified atom stereocenters. The normalized spacial score (nSPS) is 18.2. The summed E-state index contributed by atoms with van der Waals surface area (Å²) in [5.74, 6) is 1.27. The molecule has 0 radical (unpaired) electrons. The molecule has 2 rings (SSSR count). The van der Waals surface area contributed by atoms with E-state index in [1.807, 2.05) is 39.0 Å². The highest BCUT2D eigenvalue weighted by molar-refractivity contribution is 5.61. The van der Waals surface area contributed by atoms with Crippen molar-refractivity contribution in [3.63, 3.8) is 0 Å². The number of hydrogen-bond acceptors (Lipinski definition) is 3. The van der Waals surface area contributed by atoms with E-state index >= 15 is 0 Å². The van der Waals surface area contributed by atoms with Crippen molar-refractivity contribution in [2.45, 2.75) is 32.6 Å². The molecule has 0 bridgehead atoms. The second-order valence-electron chi connectivity index (χ2n) is 6.28. The van der Waals surface area contributed by atoms with Crippen molar-refractivity contribution in [3.8, 4) is 11.5 Å². The third-order valence-corrected chi connectivity index (χ3v) is 3.45. The van der Waals surface area contributed by atoms with Gasteiger partial charge in [0.05, 0.1) is 12.3 Å². The lowest BCUT2D eigenvalue weighted by atomic mass is 9.86. The maximum Gasteiger partial charge on any atom is 0.142 e. The lowest BCUT2D eigenvalue weighted by molar-refractivity contribution is 0.275. The van der Waals surface area contributed by atoms with E-state index in [9.17, 15) is 5.11 Å². The number of ether oxygens (including phenoxy) is 1. The Morgan fingerprint density at radius 1 is 1.30 bits per heavy atom. The van der Waals surface area contributed by atoms with Gasteiger partial charge in [0.25, 0.3) is 0 Å². The topological polar surface area (TPSA) is 55.5 Å². The van der Waals surface area contributed by atoms with Gasteiger partial charge in [-0.2, -0.15) is 0 Å². The SMILES string of the molecule is CC(C)(C)c1cc(OCC2C=CC=CC2)cc(N)c1O. The van der Waals surface area contributed by atoms with Crippen molar-refractivity contribution < 1.29 is 9.84 Å². The van der Waals surface area contributed by atoms with Gasteiger partial charge in [-0.05, 0) is 17.9 Å². The number of allylic oxidation sites excluding steroid dienone is 3. The molecular formula is C17H23NO2. The minimum atomic E-state index is -0.176. The largest absolute Gasteiger partial charge is 0.505 e. The zero-order chi connectivity index (χ0) is 14.8. The Balaban J connectivity index is 2.14. The molecule has 108 valence electrons. The van der Waals surface area contributed by atoms with Gasteiger partial charge in [0, 0.05) is 17.5 Å². The van der Waals surface area contributed by atoms with Gasteiger partial charge >= 0.3 is 0 Å². The number of aromatic hydroxyl groups is 1. The van der Waals surface area contributed by atoms with Crippen LogP contribution in [0.3, 0.4) is 0 Å². The molecule has 0 saturated heterocycles. The zero-order valence-corrected chi connectivity index (χ0v) is 12.4. The molecule has 0 spiro atoms. The fourth-order valence-corrected chi connectivity index (χ4v) is 2.24. The number of rotatable bonds is 3.